The van der Waals surface area contributed by atoms with E-state index < -0.39 is 5.97 Å². The summed E-state index contributed by atoms with van der Waals surface area (Å²) in [5.41, 5.74) is 1.27. The highest BCUT2D eigenvalue weighted by molar-refractivity contribution is 9.10. The Morgan fingerprint density at radius 2 is 2.19 bits per heavy atom. The highest BCUT2D eigenvalue weighted by atomic mass is 79.9. The lowest BCUT2D eigenvalue weighted by Crippen LogP contribution is -2.12. The summed E-state index contributed by atoms with van der Waals surface area (Å²) in [7, 11) is 1.29. The zero-order valence-electron chi connectivity index (χ0n) is 11.9. The van der Waals surface area contributed by atoms with E-state index in [1.165, 1.54) is 17.9 Å². The molecule has 0 bridgehead atoms. The summed E-state index contributed by atoms with van der Waals surface area (Å²) in [5, 5.41) is 7.81. The van der Waals surface area contributed by atoms with Gasteiger partial charge in [-0.25, -0.2) is 13.9 Å². The summed E-state index contributed by atoms with van der Waals surface area (Å²) >= 11 is 3.22. The summed E-state index contributed by atoms with van der Waals surface area (Å²) < 4.78 is 20.8. The summed E-state index contributed by atoms with van der Waals surface area (Å²) in [6, 6.07) is 4.82. The summed E-state index contributed by atoms with van der Waals surface area (Å²) in [4.78, 5) is 11.7. The fraction of sp³-hybridized carbons (Fsp3) is 0.357. The minimum atomic E-state index is -0.541. The molecule has 0 aliphatic heterocycles. The highest BCUT2D eigenvalue weighted by Gasteiger charge is 2.23. The number of carbonyl (C=O) groups is 1. The summed E-state index contributed by atoms with van der Waals surface area (Å²) in [6.45, 7) is 4.04. The Balaban J connectivity index is 2.40. The van der Waals surface area contributed by atoms with Crippen LogP contribution < -0.4 is 0 Å². The first-order valence-corrected chi connectivity index (χ1v) is 7.19. The van der Waals surface area contributed by atoms with Crippen molar-refractivity contribution in [3.8, 4) is 0 Å². The van der Waals surface area contributed by atoms with E-state index >= 15 is 0 Å². The lowest BCUT2D eigenvalue weighted by atomic mass is 10.1. The number of halogens is 2. The molecule has 5 nitrogen and oxygen atoms in total. The van der Waals surface area contributed by atoms with Crippen LogP contribution in [0.2, 0.25) is 0 Å². The molecule has 0 fully saturated rings. The van der Waals surface area contributed by atoms with Crippen molar-refractivity contribution in [2.45, 2.75) is 26.3 Å². The Labute approximate surface area is 130 Å². The number of nitrogens with zero attached hydrogens (tertiary/aromatic N) is 3. The maximum Gasteiger partial charge on any atom is 0.360 e. The van der Waals surface area contributed by atoms with Crippen LogP contribution in [0, 0.1) is 5.82 Å². The molecule has 112 valence electrons. The summed E-state index contributed by atoms with van der Waals surface area (Å²) in [6.07, 6.45) is 0. The van der Waals surface area contributed by atoms with Gasteiger partial charge in [-0.1, -0.05) is 41.1 Å². The Bertz CT molecular complexity index is 670. The second-order valence-electron chi connectivity index (χ2n) is 4.86. The van der Waals surface area contributed by atoms with Gasteiger partial charge in [-0.3, -0.25) is 0 Å². The fourth-order valence-corrected chi connectivity index (χ4v) is 2.40. The fourth-order valence-electron chi connectivity index (χ4n) is 2.06. The molecule has 0 unspecified atom stereocenters. The zero-order valence-corrected chi connectivity index (χ0v) is 13.5. The van der Waals surface area contributed by atoms with Crippen LogP contribution in [-0.2, 0) is 11.3 Å². The molecule has 2 rings (SSSR count). The molecule has 0 saturated carbocycles. The Kier molecular flexibility index (Phi) is 4.72. The first-order chi connectivity index (χ1) is 9.93. The Morgan fingerprint density at radius 1 is 1.48 bits per heavy atom. The highest BCUT2D eigenvalue weighted by Crippen LogP contribution is 2.21. The van der Waals surface area contributed by atoms with Crippen molar-refractivity contribution in [1.82, 2.24) is 15.0 Å². The molecule has 0 aliphatic carbocycles. The maximum atomic E-state index is 13.9. The van der Waals surface area contributed by atoms with Gasteiger partial charge >= 0.3 is 5.97 Å². The standard InChI is InChI=1S/C14H15BrFN3O2/c1-8(2)13-12(14(20)21-3)17-18-19(13)7-9-4-5-10(15)6-11(9)16/h4-6,8H,7H2,1-3H3. The second-order valence-corrected chi connectivity index (χ2v) is 5.78. The Hall–Kier alpha value is -1.76. The molecule has 0 spiro atoms. The number of methoxy groups -OCH3 is 1. The van der Waals surface area contributed by atoms with Crippen LogP contribution in [0.3, 0.4) is 0 Å². The van der Waals surface area contributed by atoms with Crippen molar-refractivity contribution in [2.24, 2.45) is 0 Å². The van der Waals surface area contributed by atoms with Crippen LogP contribution in [0.5, 0.6) is 0 Å². The molecule has 0 aliphatic rings. The van der Waals surface area contributed by atoms with E-state index in [9.17, 15) is 9.18 Å². The molecular formula is C14H15BrFN3O2. The van der Waals surface area contributed by atoms with E-state index in [0.717, 1.165) is 0 Å². The molecule has 1 aromatic heterocycles. The van der Waals surface area contributed by atoms with Gasteiger partial charge in [-0.05, 0) is 18.1 Å². The SMILES string of the molecule is COC(=O)c1nnn(Cc2ccc(Br)cc2F)c1C(C)C. The first kappa shape index (κ1) is 15.6. The maximum absolute atomic E-state index is 13.9. The van der Waals surface area contributed by atoms with Gasteiger partial charge in [0.15, 0.2) is 5.69 Å². The average molecular weight is 356 g/mol. The van der Waals surface area contributed by atoms with Crippen molar-refractivity contribution in [1.29, 1.82) is 0 Å². The molecule has 7 heteroatoms. The van der Waals surface area contributed by atoms with Crippen molar-refractivity contribution in [2.75, 3.05) is 7.11 Å². The van der Waals surface area contributed by atoms with Crippen LogP contribution in [0.1, 0.15) is 41.5 Å². The molecule has 0 N–H and O–H groups in total. The van der Waals surface area contributed by atoms with Crippen molar-refractivity contribution < 1.29 is 13.9 Å². The second kappa shape index (κ2) is 6.34. The number of esters is 1. The lowest BCUT2D eigenvalue weighted by Gasteiger charge is -2.11. The van der Waals surface area contributed by atoms with E-state index in [2.05, 4.69) is 26.2 Å². The number of hydrogen-bond acceptors (Lipinski definition) is 4. The third kappa shape index (κ3) is 3.29. The van der Waals surface area contributed by atoms with Gasteiger partial charge in [0, 0.05) is 10.0 Å². The third-order valence-corrected chi connectivity index (χ3v) is 3.53. The number of benzene rings is 1. The van der Waals surface area contributed by atoms with Gasteiger partial charge in [0.2, 0.25) is 0 Å². The number of ether oxygens (including phenoxy) is 1. The van der Waals surface area contributed by atoms with Gasteiger partial charge in [0.05, 0.1) is 19.3 Å². The minimum Gasteiger partial charge on any atom is -0.464 e. The van der Waals surface area contributed by atoms with E-state index in [-0.39, 0.29) is 24.0 Å². The quantitative estimate of drug-likeness (QED) is 0.790. The van der Waals surface area contributed by atoms with Gasteiger partial charge < -0.3 is 4.74 Å². The van der Waals surface area contributed by atoms with Crippen LogP contribution >= 0.6 is 15.9 Å². The largest absolute Gasteiger partial charge is 0.464 e. The first-order valence-electron chi connectivity index (χ1n) is 6.39. The van der Waals surface area contributed by atoms with Crippen LogP contribution in [0.15, 0.2) is 22.7 Å². The average Bonchev–Trinajstić information content (AvgIpc) is 2.85. The molecule has 1 heterocycles. The van der Waals surface area contributed by atoms with Crippen LogP contribution in [0.4, 0.5) is 4.39 Å². The molecule has 2 aromatic rings. The molecule has 0 radical (unpaired) electrons. The Morgan fingerprint density at radius 3 is 2.76 bits per heavy atom. The summed E-state index contributed by atoms with van der Waals surface area (Å²) in [5.74, 6) is -0.872. The van der Waals surface area contributed by atoms with Crippen molar-refractivity contribution >= 4 is 21.9 Å². The number of carbonyl (C=O) groups excluding carboxylic acids is 1. The van der Waals surface area contributed by atoms with Crippen LogP contribution in [0.25, 0.3) is 0 Å². The van der Waals surface area contributed by atoms with E-state index in [1.54, 1.807) is 12.1 Å². The normalized spacial score (nSPS) is 11.0. The topological polar surface area (TPSA) is 57.0 Å². The zero-order chi connectivity index (χ0) is 15.6. The van der Waals surface area contributed by atoms with Crippen molar-refractivity contribution in [3.05, 3.63) is 45.4 Å². The predicted molar refractivity (Wildman–Crippen MR) is 78.7 cm³/mol. The van der Waals surface area contributed by atoms with E-state index in [4.69, 9.17) is 4.74 Å². The van der Waals surface area contributed by atoms with E-state index in [0.29, 0.717) is 15.7 Å². The molecule has 0 amide bonds. The lowest BCUT2D eigenvalue weighted by molar-refractivity contribution is 0.0592. The monoisotopic (exact) mass is 355 g/mol. The molecular weight excluding hydrogens is 341 g/mol. The number of hydrogen-bond donors (Lipinski definition) is 0. The molecule has 1 aromatic carbocycles. The molecule has 21 heavy (non-hydrogen) atoms. The van der Waals surface area contributed by atoms with Gasteiger partial charge in [0.1, 0.15) is 5.82 Å². The van der Waals surface area contributed by atoms with Crippen molar-refractivity contribution in [3.63, 3.8) is 0 Å². The van der Waals surface area contributed by atoms with Crippen LogP contribution in [-0.4, -0.2) is 28.1 Å². The van der Waals surface area contributed by atoms with Gasteiger partial charge in [0.25, 0.3) is 0 Å². The molecule has 0 saturated heterocycles. The smallest absolute Gasteiger partial charge is 0.360 e. The number of rotatable bonds is 4. The van der Waals surface area contributed by atoms with Gasteiger partial charge in [-0.2, -0.15) is 0 Å². The minimum absolute atomic E-state index is 0.00705. The predicted octanol–water partition coefficient (Wildman–Crippen LogP) is 3.14. The van der Waals surface area contributed by atoms with Gasteiger partial charge in [-0.15, -0.1) is 5.10 Å². The molecule has 0 atom stereocenters. The number of aromatic nitrogens is 3. The third-order valence-electron chi connectivity index (χ3n) is 3.03. The van der Waals surface area contributed by atoms with E-state index in [1.807, 2.05) is 13.8 Å².